The van der Waals surface area contributed by atoms with Gasteiger partial charge in [-0.3, -0.25) is 4.79 Å². The summed E-state index contributed by atoms with van der Waals surface area (Å²) in [5.41, 5.74) is 0.358. The molecule has 0 N–H and O–H groups in total. The number of hydrogen-bond acceptors (Lipinski definition) is 1. The van der Waals surface area contributed by atoms with Gasteiger partial charge >= 0.3 is 0 Å². The van der Waals surface area contributed by atoms with Crippen molar-refractivity contribution in [3.8, 4) is 0 Å². The molecule has 0 unspecified atom stereocenters. The lowest BCUT2D eigenvalue weighted by Gasteiger charge is -1.94. The van der Waals surface area contributed by atoms with Gasteiger partial charge in [0.25, 0.3) is 0 Å². The van der Waals surface area contributed by atoms with E-state index in [2.05, 4.69) is 0 Å². The molecule has 1 nitrogen and oxygen atoms in total. The Morgan fingerprint density at radius 2 is 1.91 bits per heavy atom. The summed E-state index contributed by atoms with van der Waals surface area (Å²) < 4.78 is 11.8. The van der Waals surface area contributed by atoms with Crippen LogP contribution in [-0.2, 0) is 0 Å². The highest BCUT2D eigenvalue weighted by molar-refractivity contribution is 6.30. The minimum Gasteiger partial charge on any atom is -0.291 e. The molecule has 0 heterocycles. The van der Waals surface area contributed by atoms with E-state index < -0.39 is 12.5 Å². The largest absolute Gasteiger partial charge is 0.291 e. The van der Waals surface area contributed by atoms with Gasteiger partial charge in [0, 0.05) is 10.6 Å². The minimum atomic E-state index is -0.957. The molecule has 0 aliphatic rings. The number of rotatable bonds is 2. The minimum absolute atomic E-state index is 0.358. The highest BCUT2D eigenvalue weighted by Crippen LogP contribution is 2.09. The van der Waals surface area contributed by atoms with Gasteiger partial charge in [0.1, 0.15) is 0 Å². The number of alkyl halides is 1. The third-order valence-corrected chi connectivity index (χ3v) is 1.54. The van der Waals surface area contributed by atoms with Gasteiger partial charge in [0.15, 0.2) is 12.5 Å². The van der Waals surface area contributed by atoms with Crippen molar-refractivity contribution >= 4 is 17.4 Å². The van der Waals surface area contributed by atoms with E-state index in [1.54, 1.807) is 12.1 Å². The molecule has 0 amide bonds. The van der Waals surface area contributed by atoms with Gasteiger partial charge in [-0.1, -0.05) is 11.6 Å². The number of benzene rings is 1. The number of hydrogen-bond donors (Lipinski definition) is 0. The number of carbonyl (C=O) groups is 1. The molecule has 0 fully saturated rings. The van der Waals surface area contributed by atoms with Crippen molar-refractivity contribution < 1.29 is 9.18 Å². The zero-order chi connectivity index (χ0) is 8.27. The van der Waals surface area contributed by atoms with Crippen molar-refractivity contribution in [1.82, 2.24) is 0 Å². The van der Waals surface area contributed by atoms with Crippen LogP contribution in [0.3, 0.4) is 0 Å². The van der Waals surface area contributed by atoms with Crippen LogP contribution in [0.15, 0.2) is 24.3 Å². The van der Waals surface area contributed by atoms with Crippen LogP contribution >= 0.6 is 11.6 Å². The summed E-state index contributed by atoms with van der Waals surface area (Å²) in [6.45, 7) is -0.957. The lowest BCUT2D eigenvalue weighted by Crippen LogP contribution is -1.99. The molecule has 1 aromatic carbocycles. The summed E-state index contributed by atoms with van der Waals surface area (Å²) in [5.74, 6) is -0.512. The van der Waals surface area contributed by atoms with Crippen molar-refractivity contribution in [1.29, 1.82) is 0 Å². The van der Waals surface area contributed by atoms with E-state index in [1.165, 1.54) is 12.1 Å². The summed E-state index contributed by atoms with van der Waals surface area (Å²) >= 11 is 5.55. The summed E-state index contributed by atoms with van der Waals surface area (Å²) in [6.07, 6.45) is 0. The monoisotopic (exact) mass is 172 g/mol. The summed E-state index contributed by atoms with van der Waals surface area (Å²) in [4.78, 5) is 10.7. The molecule has 1 rings (SSSR count). The van der Waals surface area contributed by atoms with E-state index in [4.69, 9.17) is 11.6 Å². The third-order valence-electron chi connectivity index (χ3n) is 1.29. The van der Waals surface area contributed by atoms with Gasteiger partial charge < -0.3 is 0 Å². The Morgan fingerprint density at radius 3 is 2.36 bits per heavy atom. The molecule has 0 aromatic heterocycles. The fourth-order valence-electron chi connectivity index (χ4n) is 0.713. The first-order valence-corrected chi connectivity index (χ1v) is 3.46. The van der Waals surface area contributed by atoms with E-state index in [9.17, 15) is 9.18 Å². The van der Waals surface area contributed by atoms with E-state index in [0.29, 0.717) is 10.6 Å². The highest BCUT2D eigenvalue weighted by atomic mass is 35.5. The SMILES string of the molecule is O=C(CF)c1ccc(Cl)cc1. The predicted molar refractivity (Wildman–Crippen MR) is 41.8 cm³/mol. The molecule has 58 valence electrons. The maximum atomic E-state index is 11.8. The van der Waals surface area contributed by atoms with Crippen LogP contribution in [0.1, 0.15) is 10.4 Å². The topological polar surface area (TPSA) is 17.1 Å². The van der Waals surface area contributed by atoms with Gasteiger partial charge in [0.05, 0.1) is 0 Å². The second-order valence-corrected chi connectivity index (χ2v) is 2.50. The first kappa shape index (κ1) is 8.21. The molecule has 11 heavy (non-hydrogen) atoms. The Hall–Kier alpha value is -0.890. The standard InChI is InChI=1S/C8H6ClFO/c9-7-3-1-6(2-4-7)8(11)5-10/h1-4H,5H2. The maximum absolute atomic E-state index is 11.8. The Labute approximate surface area is 68.8 Å². The Bertz CT molecular complexity index is 255. The summed E-state index contributed by atoms with van der Waals surface area (Å²) in [7, 11) is 0. The van der Waals surface area contributed by atoms with Crippen LogP contribution in [0.2, 0.25) is 5.02 Å². The van der Waals surface area contributed by atoms with Crippen LogP contribution in [-0.4, -0.2) is 12.5 Å². The summed E-state index contributed by atoms with van der Waals surface area (Å²) in [6, 6.07) is 6.13. The quantitative estimate of drug-likeness (QED) is 0.627. The third kappa shape index (κ3) is 2.02. The molecule has 0 atom stereocenters. The Kier molecular flexibility index (Phi) is 2.60. The molecule has 0 aliphatic carbocycles. The molecule has 0 aliphatic heterocycles. The van der Waals surface area contributed by atoms with Crippen molar-refractivity contribution in [2.45, 2.75) is 0 Å². The first-order valence-electron chi connectivity index (χ1n) is 3.09. The lowest BCUT2D eigenvalue weighted by molar-refractivity contribution is 0.0958. The second kappa shape index (κ2) is 3.49. The van der Waals surface area contributed by atoms with E-state index in [0.717, 1.165) is 0 Å². The number of ketones is 1. The highest BCUT2D eigenvalue weighted by Gasteiger charge is 2.02. The fraction of sp³-hybridized carbons (Fsp3) is 0.125. The van der Waals surface area contributed by atoms with E-state index in [1.807, 2.05) is 0 Å². The van der Waals surface area contributed by atoms with Gasteiger partial charge in [-0.2, -0.15) is 0 Å². The average molecular weight is 173 g/mol. The molecule has 0 saturated carbocycles. The van der Waals surface area contributed by atoms with E-state index >= 15 is 0 Å². The van der Waals surface area contributed by atoms with Crippen LogP contribution in [0.25, 0.3) is 0 Å². The molecule has 0 saturated heterocycles. The van der Waals surface area contributed by atoms with Crippen LogP contribution in [0.4, 0.5) is 4.39 Å². The Balaban J connectivity index is 2.90. The first-order chi connectivity index (χ1) is 5.24. The molecule has 0 bridgehead atoms. The van der Waals surface area contributed by atoms with Crippen LogP contribution in [0, 0.1) is 0 Å². The molecule has 0 spiro atoms. The van der Waals surface area contributed by atoms with Gasteiger partial charge in [-0.05, 0) is 24.3 Å². The molecular formula is C8H6ClFO. The van der Waals surface area contributed by atoms with Gasteiger partial charge in [-0.15, -0.1) is 0 Å². The van der Waals surface area contributed by atoms with Crippen molar-refractivity contribution in [3.05, 3.63) is 34.9 Å². The van der Waals surface area contributed by atoms with Gasteiger partial charge in [-0.25, -0.2) is 4.39 Å². The smallest absolute Gasteiger partial charge is 0.193 e. The zero-order valence-electron chi connectivity index (χ0n) is 5.68. The molecule has 0 radical (unpaired) electrons. The molecule has 1 aromatic rings. The maximum Gasteiger partial charge on any atom is 0.193 e. The zero-order valence-corrected chi connectivity index (χ0v) is 6.44. The normalized spacial score (nSPS) is 9.64. The molecule has 3 heteroatoms. The lowest BCUT2D eigenvalue weighted by atomic mass is 10.1. The fourth-order valence-corrected chi connectivity index (χ4v) is 0.839. The second-order valence-electron chi connectivity index (χ2n) is 2.06. The van der Waals surface area contributed by atoms with Crippen molar-refractivity contribution in [3.63, 3.8) is 0 Å². The predicted octanol–water partition coefficient (Wildman–Crippen LogP) is 2.49. The van der Waals surface area contributed by atoms with Crippen LogP contribution in [0.5, 0.6) is 0 Å². The number of carbonyl (C=O) groups excluding carboxylic acids is 1. The average Bonchev–Trinajstić information content (AvgIpc) is 2.05. The summed E-state index contributed by atoms with van der Waals surface area (Å²) in [5, 5.41) is 0.542. The number of halogens is 2. The number of Topliss-reactive ketones (excluding diaryl/α,β-unsaturated/α-hetero) is 1. The Morgan fingerprint density at radius 1 is 1.36 bits per heavy atom. The van der Waals surface area contributed by atoms with Crippen LogP contribution < -0.4 is 0 Å². The van der Waals surface area contributed by atoms with Gasteiger partial charge in [0.2, 0.25) is 0 Å². The van der Waals surface area contributed by atoms with Crippen molar-refractivity contribution in [2.24, 2.45) is 0 Å². The molecular weight excluding hydrogens is 167 g/mol. The van der Waals surface area contributed by atoms with Crippen molar-refractivity contribution in [2.75, 3.05) is 6.67 Å². The van der Waals surface area contributed by atoms with E-state index in [-0.39, 0.29) is 0 Å².